The fourth-order valence-corrected chi connectivity index (χ4v) is 2.37. The molecule has 0 radical (unpaired) electrons. The summed E-state index contributed by atoms with van der Waals surface area (Å²) in [6, 6.07) is 0. The number of nitrogens with zero attached hydrogens (tertiary/aromatic N) is 4. The van der Waals surface area contributed by atoms with Crippen molar-refractivity contribution in [2.24, 2.45) is 0 Å². The molecule has 0 unspecified atom stereocenters. The zero-order valence-corrected chi connectivity index (χ0v) is 10.7. The van der Waals surface area contributed by atoms with Crippen LogP contribution in [0.1, 0.15) is 13.2 Å². The van der Waals surface area contributed by atoms with Gasteiger partial charge in [0, 0.05) is 0 Å². The highest BCUT2D eigenvalue weighted by molar-refractivity contribution is 5.81. The highest BCUT2D eigenvalue weighted by Crippen LogP contribution is 2.33. The van der Waals surface area contributed by atoms with E-state index in [2.05, 4.69) is 15.0 Å². The number of rotatable bonds is 2. The van der Waals surface area contributed by atoms with Crippen molar-refractivity contribution in [1.29, 1.82) is 0 Å². The van der Waals surface area contributed by atoms with Crippen LogP contribution < -0.4 is 5.73 Å². The molecule has 0 spiro atoms. The third-order valence-electron chi connectivity index (χ3n) is 3.41. The van der Waals surface area contributed by atoms with E-state index < -0.39 is 30.6 Å². The van der Waals surface area contributed by atoms with E-state index in [-0.39, 0.29) is 5.82 Å². The molecular weight excluding hydrogens is 266 g/mol. The fourth-order valence-electron chi connectivity index (χ4n) is 2.37. The smallest absolute Gasteiger partial charge is 0.167 e. The van der Waals surface area contributed by atoms with E-state index >= 15 is 0 Å². The van der Waals surface area contributed by atoms with Gasteiger partial charge in [-0.3, -0.25) is 4.57 Å². The summed E-state index contributed by atoms with van der Waals surface area (Å²) in [5.74, 6) is 0.217. The summed E-state index contributed by atoms with van der Waals surface area (Å²) in [6.45, 7) is 1.48. The second kappa shape index (κ2) is 4.63. The normalized spacial score (nSPS) is 31.8. The Hall–Kier alpha value is -1.81. The molecule has 1 saturated heterocycles. The number of fused-ring (bicyclic) bond motifs is 1. The Bertz CT molecular complexity index is 630. The molecule has 0 aliphatic carbocycles. The molecule has 20 heavy (non-hydrogen) atoms. The second-order valence-corrected chi connectivity index (χ2v) is 4.80. The van der Waals surface area contributed by atoms with E-state index in [1.54, 1.807) is 0 Å². The summed E-state index contributed by atoms with van der Waals surface area (Å²) in [6.07, 6.45) is -2.42. The van der Waals surface area contributed by atoms with Crippen LogP contribution in [0, 0.1) is 0 Å². The first-order valence-electron chi connectivity index (χ1n) is 6.13. The van der Waals surface area contributed by atoms with Crippen LogP contribution in [0.2, 0.25) is 0 Å². The second-order valence-electron chi connectivity index (χ2n) is 4.80. The number of aromatic nitrogens is 4. The van der Waals surface area contributed by atoms with Gasteiger partial charge in [0.15, 0.2) is 17.7 Å². The van der Waals surface area contributed by atoms with Crippen molar-refractivity contribution in [2.75, 3.05) is 5.73 Å². The molecule has 9 nitrogen and oxygen atoms in total. The maximum atomic E-state index is 10.1. The zero-order chi connectivity index (χ0) is 14.4. The van der Waals surface area contributed by atoms with Crippen LogP contribution in [0.3, 0.4) is 0 Å². The van der Waals surface area contributed by atoms with Gasteiger partial charge in [-0.05, 0) is 6.92 Å². The van der Waals surface area contributed by atoms with Crippen LogP contribution >= 0.6 is 0 Å². The number of nitrogen functional groups attached to an aromatic ring is 1. The third-order valence-corrected chi connectivity index (χ3v) is 3.41. The number of aliphatic hydroxyl groups is 3. The van der Waals surface area contributed by atoms with E-state index in [9.17, 15) is 15.3 Å². The lowest BCUT2D eigenvalue weighted by Crippen LogP contribution is -2.37. The Morgan fingerprint density at radius 3 is 2.70 bits per heavy atom. The van der Waals surface area contributed by atoms with Crippen LogP contribution in [0.4, 0.5) is 5.82 Å². The Balaban J connectivity index is 2.02. The van der Waals surface area contributed by atoms with Gasteiger partial charge in [-0.25, -0.2) is 15.0 Å². The van der Waals surface area contributed by atoms with Crippen LogP contribution in [-0.2, 0) is 4.74 Å². The Labute approximate surface area is 113 Å². The van der Waals surface area contributed by atoms with Crippen molar-refractivity contribution >= 4 is 17.0 Å². The molecule has 0 amide bonds. The van der Waals surface area contributed by atoms with Gasteiger partial charge in [0.05, 0.1) is 12.4 Å². The molecule has 2 aromatic heterocycles. The van der Waals surface area contributed by atoms with Crippen LogP contribution in [-0.4, -0.2) is 59.3 Å². The number of hydrogen-bond acceptors (Lipinski definition) is 8. The van der Waals surface area contributed by atoms with Crippen LogP contribution in [0.25, 0.3) is 11.2 Å². The van der Waals surface area contributed by atoms with Crippen molar-refractivity contribution in [3.8, 4) is 0 Å². The van der Waals surface area contributed by atoms with E-state index in [1.807, 2.05) is 0 Å². The number of anilines is 1. The molecule has 2 aromatic rings. The molecule has 5 atom stereocenters. The maximum absolute atomic E-state index is 10.1. The number of hydrogen-bond donors (Lipinski definition) is 4. The van der Waals surface area contributed by atoms with Crippen molar-refractivity contribution in [3.63, 3.8) is 0 Å². The Kier molecular flexibility index (Phi) is 3.05. The molecule has 5 N–H and O–H groups in total. The summed E-state index contributed by atoms with van der Waals surface area (Å²) in [5.41, 5.74) is 6.46. The summed E-state index contributed by atoms with van der Waals surface area (Å²) >= 11 is 0. The fraction of sp³-hybridized carbons (Fsp3) is 0.545. The lowest BCUT2D eigenvalue weighted by atomic mass is 10.1. The van der Waals surface area contributed by atoms with Crippen LogP contribution in [0.15, 0.2) is 12.7 Å². The maximum Gasteiger partial charge on any atom is 0.167 e. The minimum absolute atomic E-state index is 0.217. The SMILES string of the molecule is C[C@H](O)[C@H]1O[C@@H](n2cnc3c(N)ncnc32)[C@H](O)[C@H]1O. The van der Waals surface area contributed by atoms with Crippen LogP contribution in [0.5, 0.6) is 0 Å². The summed E-state index contributed by atoms with van der Waals surface area (Å²) in [7, 11) is 0. The summed E-state index contributed by atoms with van der Waals surface area (Å²) < 4.78 is 6.97. The molecule has 1 fully saturated rings. The number of nitrogens with two attached hydrogens (primary N) is 1. The summed E-state index contributed by atoms with van der Waals surface area (Å²) in [5, 5.41) is 29.5. The van der Waals surface area contributed by atoms with Crippen molar-refractivity contribution in [2.45, 2.75) is 37.6 Å². The molecule has 9 heteroatoms. The van der Waals surface area contributed by atoms with Gasteiger partial charge in [0.2, 0.25) is 0 Å². The highest BCUT2D eigenvalue weighted by atomic mass is 16.6. The standard InChI is InChI=1S/C11H15N5O4/c1-4(17)8-6(18)7(19)11(20-8)16-3-15-5-9(12)13-2-14-10(5)16/h2-4,6-8,11,17-19H,1H3,(H2,12,13,14)/t4-,6+,7+,8+,11+/m0/s1. The van der Waals surface area contributed by atoms with Gasteiger partial charge in [-0.2, -0.15) is 0 Å². The molecule has 108 valence electrons. The van der Waals surface area contributed by atoms with E-state index in [0.717, 1.165) is 0 Å². The number of imidazole rings is 1. The first-order valence-corrected chi connectivity index (χ1v) is 6.13. The molecule has 1 aliphatic heterocycles. The third kappa shape index (κ3) is 1.83. The largest absolute Gasteiger partial charge is 0.391 e. The molecule has 0 bridgehead atoms. The van der Waals surface area contributed by atoms with E-state index in [1.165, 1.54) is 24.1 Å². The monoisotopic (exact) mass is 281 g/mol. The van der Waals surface area contributed by atoms with Gasteiger partial charge in [0.1, 0.15) is 30.2 Å². The average molecular weight is 281 g/mol. The van der Waals surface area contributed by atoms with Gasteiger partial charge in [0.25, 0.3) is 0 Å². The van der Waals surface area contributed by atoms with Gasteiger partial charge in [-0.15, -0.1) is 0 Å². The van der Waals surface area contributed by atoms with E-state index in [4.69, 9.17) is 10.5 Å². The lowest BCUT2D eigenvalue weighted by molar-refractivity contribution is -0.0777. The van der Waals surface area contributed by atoms with Gasteiger partial charge >= 0.3 is 0 Å². The molecule has 3 rings (SSSR count). The Morgan fingerprint density at radius 2 is 2.05 bits per heavy atom. The number of ether oxygens (including phenoxy) is 1. The van der Waals surface area contributed by atoms with Crippen molar-refractivity contribution < 1.29 is 20.1 Å². The first kappa shape index (κ1) is 13.2. The lowest BCUT2D eigenvalue weighted by Gasteiger charge is -2.17. The minimum atomic E-state index is -1.21. The zero-order valence-electron chi connectivity index (χ0n) is 10.7. The van der Waals surface area contributed by atoms with Gasteiger partial charge < -0.3 is 25.8 Å². The first-order chi connectivity index (χ1) is 9.50. The van der Waals surface area contributed by atoms with Gasteiger partial charge in [-0.1, -0.05) is 0 Å². The highest BCUT2D eigenvalue weighted by Gasteiger charge is 2.46. The topological polar surface area (TPSA) is 140 Å². The molecule has 3 heterocycles. The Morgan fingerprint density at radius 1 is 1.30 bits per heavy atom. The quantitative estimate of drug-likeness (QED) is 0.516. The molecular formula is C11H15N5O4. The number of aliphatic hydroxyl groups excluding tert-OH is 3. The minimum Gasteiger partial charge on any atom is -0.391 e. The van der Waals surface area contributed by atoms with Crippen molar-refractivity contribution in [3.05, 3.63) is 12.7 Å². The average Bonchev–Trinajstić information content (AvgIpc) is 2.94. The molecule has 0 aromatic carbocycles. The molecule has 0 saturated carbocycles. The summed E-state index contributed by atoms with van der Waals surface area (Å²) in [4.78, 5) is 11.9. The molecule has 1 aliphatic rings. The predicted octanol–water partition coefficient (Wildman–Crippen LogP) is -1.59. The predicted molar refractivity (Wildman–Crippen MR) is 67.3 cm³/mol. The van der Waals surface area contributed by atoms with E-state index in [0.29, 0.717) is 11.2 Å². The van der Waals surface area contributed by atoms with Crippen molar-refractivity contribution in [1.82, 2.24) is 19.5 Å².